The Kier molecular flexibility index (Phi) is 6.69. The summed E-state index contributed by atoms with van der Waals surface area (Å²) in [6.45, 7) is 0.687. The third kappa shape index (κ3) is 5.10. The first-order valence-corrected chi connectivity index (χ1v) is 8.43. The number of nitrogens with zero attached hydrogens (tertiary/aromatic N) is 2. The summed E-state index contributed by atoms with van der Waals surface area (Å²) < 4.78 is 11.3. The highest BCUT2D eigenvalue weighted by atomic mass is 79.9. The first-order valence-electron chi connectivity index (χ1n) is 6.65. The van der Waals surface area contributed by atoms with Crippen molar-refractivity contribution in [3.63, 3.8) is 0 Å². The molecular formula is C14H18BrN3O2S. The molecular weight excluding hydrogens is 354 g/mol. The molecule has 1 unspecified atom stereocenters. The van der Waals surface area contributed by atoms with Gasteiger partial charge in [0.1, 0.15) is 0 Å². The molecule has 0 amide bonds. The Bertz CT molecular complexity index is 565. The lowest BCUT2D eigenvalue weighted by atomic mass is 10.2. The molecule has 2 aromatic rings. The lowest BCUT2D eigenvalue weighted by Crippen LogP contribution is -2.11. The van der Waals surface area contributed by atoms with Crippen LogP contribution in [0.25, 0.3) is 0 Å². The maximum atomic E-state index is 6.01. The third-order valence-corrected chi connectivity index (χ3v) is 4.88. The first kappa shape index (κ1) is 16.5. The zero-order valence-corrected chi connectivity index (χ0v) is 14.2. The number of aromatic nitrogens is 2. The molecule has 0 aliphatic carbocycles. The Hall–Kier alpha value is -0.890. The largest absolute Gasteiger partial charge is 0.385 e. The third-order valence-electron chi connectivity index (χ3n) is 2.86. The average Bonchev–Trinajstić information content (AvgIpc) is 2.95. The molecule has 0 aliphatic rings. The fraction of sp³-hybridized carbons (Fsp3) is 0.429. The molecule has 1 heterocycles. The predicted octanol–water partition coefficient (Wildman–Crippen LogP) is 3.55. The van der Waals surface area contributed by atoms with Crippen molar-refractivity contribution in [2.75, 3.05) is 13.7 Å². The van der Waals surface area contributed by atoms with Gasteiger partial charge in [-0.05, 0) is 40.9 Å². The fourth-order valence-electron chi connectivity index (χ4n) is 1.75. The standard InChI is InChI=1S/C14H18BrN3O2S/c1-19-8-4-6-11(16)14-17-13(18-20-14)9-21-12-7-3-2-5-10(12)15/h2-3,5,7,11H,4,6,8-9,16H2,1H3. The van der Waals surface area contributed by atoms with Crippen LogP contribution in [-0.2, 0) is 10.5 Å². The second kappa shape index (κ2) is 8.53. The number of benzene rings is 1. The van der Waals surface area contributed by atoms with Gasteiger partial charge in [-0.25, -0.2) is 0 Å². The lowest BCUT2D eigenvalue weighted by molar-refractivity contribution is 0.188. The van der Waals surface area contributed by atoms with E-state index < -0.39 is 0 Å². The fourth-order valence-corrected chi connectivity index (χ4v) is 3.16. The van der Waals surface area contributed by atoms with Crippen molar-refractivity contribution in [2.45, 2.75) is 29.5 Å². The summed E-state index contributed by atoms with van der Waals surface area (Å²) >= 11 is 5.17. The van der Waals surface area contributed by atoms with E-state index in [2.05, 4.69) is 26.1 Å². The Balaban J connectivity index is 1.87. The highest BCUT2D eigenvalue weighted by molar-refractivity contribution is 9.10. The van der Waals surface area contributed by atoms with Gasteiger partial charge >= 0.3 is 0 Å². The summed E-state index contributed by atoms with van der Waals surface area (Å²) in [6, 6.07) is 7.82. The minimum atomic E-state index is -0.227. The maximum absolute atomic E-state index is 6.01. The number of methoxy groups -OCH3 is 1. The molecule has 5 nitrogen and oxygen atoms in total. The van der Waals surface area contributed by atoms with Crippen LogP contribution in [0.2, 0.25) is 0 Å². The van der Waals surface area contributed by atoms with Crippen LogP contribution in [0.1, 0.15) is 30.6 Å². The zero-order chi connectivity index (χ0) is 15.1. The number of thioether (sulfide) groups is 1. The molecule has 7 heteroatoms. The molecule has 1 aromatic carbocycles. The number of hydrogen-bond acceptors (Lipinski definition) is 6. The Labute approximate surface area is 136 Å². The minimum Gasteiger partial charge on any atom is -0.385 e. The van der Waals surface area contributed by atoms with Crippen molar-refractivity contribution in [3.05, 3.63) is 40.5 Å². The topological polar surface area (TPSA) is 74.2 Å². The molecule has 114 valence electrons. The van der Waals surface area contributed by atoms with Crippen LogP contribution in [0.4, 0.5) is 0 Å². The SMILES string of the molecule is COCCCC(N)c1nc(CSc2ccccc2Br)no1. The monoisotopic (exact) mass is 371 g/mol. The van der Waals surface area contributed by atoms with Crippen molar-refractivity contribution in [3.8, 4) is 0 Å². The minimum absolute atomic E-state index is 0.227. The summed E-state index contributed by atoms with van der Waals surface area (Å²) in [7, 11) is 1.68. The number of ether oxygens (including phenoxy) is 1. The van der Waals surface area contributed by atoms with Gasteiger partial charge in [-0.15, -0.1) is 11.8 Å². The van der Waals surface area contributed by atoms with Gasteiger partial charge in [-0.1, -0.05) is 17.3 Å². The molecule has 0 spiro atoms. The van der Waals surface area contributed by atoms with Gasteiger partial charge in [-0.2, -0.15) is 4.98 Å². The lowest BCUT2D eigenvalue weighted by Gasteiger charge is -2.05. The zero-order valence-electron chi connectivity index (χ0n) is 11.8. The van der Waals surface area contributed by atoms with E-state index in [1.54, 1.807) is 18.9 Å². The highest BCUT2D eigenvalue weighted by Gasteiger charge is 2.14. The van der Waals surface area contributed by atoms with Crippen molar-refractivity contribution < 1.29 is 9.26 Å². The van der Waals surface area contributed by atoms with Crippen LogP contribution in [0.3, 0.4) is 0 Å². The van der Waals surface area contributed by atoms with Gasteiger partial charge in [0.25, 0.3) is 0 Å². The van der Waals surface area contributed by atoms with E-state index in [1.807, 2.05) is 24.3 Å². The average molecular weight is 372 g/mol. The van der Waals surface area contributed by atoms with Crippen molar-refractivity contribution in [1.29, 1.82) is 0 Å². The van der Waals surface area contributed by atoms with Gasteiger partial charge in [0.15, 0.2) is 5.82 Å². The van der Waals surface area contributed by atoms with Crippen molar-refractivity contribution in [1.82, 2.24) is 10.1 Å². The molecule has 0 saturated heterocycles. The number of halogens is 1. The Morgan fingerprint density at radius 3 is 3.00 bits per heavy atom. The second-order valence-corrected chi connectivity index (χ2v) is 6.38. The van der Waals surface area contributed by atoms with Gasteiger partial charge in [0.05, 0.1) is 11.8 Å². The molecule has 2 N–H and O–H groups in total. The highest BCUT2D eigenvalue weighted by Crippen LogP contribution is 2.29. The van der Waals surface area contributed by atoms with Crippen LogP contribution < -0.4 is 5.73 Å². The van der Waals surface area contributed by atoms with Crippen molar-refractivity contribution >= 4 is 27.7 Å². The van der Waals surface area contributed by atoms with Crippen LogP contribution in [0.5, 0.6) is 0 Å². The summed E-state index contributed by atoms with van der Waals surface area (Å²) in [5.41, 5.74) is 6.01. The van der Waals surface area contributed by atoms with Crippen LogP contribution in [-0.4, -0.2) is 23.9 Å². The summed E-state index contributed by atoms with van der Waals surface area (Å²) in [6.07, 6.45) is 1.65. The van der Waals surface area contributed by atoms with Crippen LogP contribution in [0, 0.1) is 0 Å². The molecule has 1 atom stereocenters. The molecule has 0 aliphatic heterocycles. The first-order chi connectivity index (χ1) is 10.2. The van der Waals surface area contributed by atoms with E-state index in [4.69, 9.17) is 15.0 Å². The molecule has 0 bridgehead atoms. The predicted molar refractivity (Wildman–Crippen MR) is 86.0 cm³/mol. The van der Waals surface area contributed by atoms with Crippen LogP contribution >= 0.6 is 27.7 Å². The molecule has 0 saturated carbocycles. The van der Waals surface area contributed by atoms with Gasteiger partial charge < -0.3 is 15.0 Å². The summed E-state index contributed by atoms with van der Waals surface area (Å²) in [4.78, 5) is 5.50. The Morgan fingerprint density at radius 1 is 1.43 bits per heavy atom. The molecule has 1 aromatic heterocycles. The van der Waals surface area contributed by atoms with Gasteiger partial charge in [0, 0.05) is 23.1 Å². The quantitative estimate of drug-likeness (QED) is 0.564. The number of hydrogen-bond donors (Lipinski definition) is 1. The Morgan fingerprint density at radius 2 is 2.24 bits per heavy atom. The van der Waals surface area contributed by atoms with Crippen LogP contribution in [0.15, 0.2) is 38.2 Å². The van der Waals surface area contributed by atoms with Crippen molar-refractivity contribution in [2.24, 2.45) is 5.73 Å². The summed E-state index contributed by atoms with van der Waals surface area (Å²) in [5.74, 6) is 1.80. The normalized spacial score (nSPS) is 12.5. The molecule has 0 radical (unpaired) electrons. The van der Waals surface area contributed by atoms with Gasteiger partial charge in [0.2, 0.25) is 5.89 Å². The van der Waals surface area contributed by atoms with E-state index in [-0.39, 0.29) is 6.04 Å². The van der Waals surface area contributed by atoms with E-state index in [0.29, 0.717) is 24.1 Å². The van der Waals surface area contributed by atoms with Gasteiger partial charge in [-0.3, -0.25) is 0 Å². The smallest absolute Gasteiger partial charge is 0.243 e. The van der Waals surface area contributed by atoms with E-state index in [1.165, 1.54) is 0 Å². The second-order valence-electron chi connectivity index (χ2n) is 4.51. The number of rotatable bonds is 8. The van der Waals surface area contributed by atoms with E-state index >= 15 is 0 Å². The van der Waals surface area contributed by atoms with E-state index in [9.17, 15) is 0 Å². The summed E-state index contributed by atoms with van der Waals surface area (Å²) in [5, 5.41) is 3.98. The maximum Gasteiger partial charge on any atom is 0.243 e. The molecule has 0 fully saturated rings. The van der Waals surface area contributed by atoms with E-state index in [0.717, 1.165) is 22.2 Å². The molecule has 2 rings (SSSR count). The number of nitrogens with two attached hydrogens (primary N) is 1. The molecule has 21 heavy (non-hydrogen) atoms.